The van der Waals surface area contributed by atoms with Gasteiger partial charge in [-0.1, -0.05) is 194 Å². The van der Waals surface area contributed by atoms with E-state index in [-0.39, 0.29) is 0 Å². The molecule has 0 saturated heterocycles. The van der Waals surface area contributed by atoms with Gasteiger partial charge in [0.05, 0.1) is 24.1 Å². The van der Waals surface area contributed by atoms with Crippen LogP contribution in [-0.2, 0) is 13.1 Å². The predicted octanol–water partition coefficient (Wildman–Crippen LogP) is 15.5. The molecule has 0 amide bonds. The summed E-state index contributed by atoms with van der Waals surface area (Å²) in [5.74, 6) is 0.556. The number of nitrogens with two attached hydrogens (primary N) is 1. The molecule has 0 radical (unpaired) electrons. The first kappa shape index (κ1) is 40.2. The molecule has 0 aliphatic rings. The van der Waals surface area contributed by atoms with Crippen LogP contribution in [-0.4, -0.2) is 17.1 Å². The minimum atomic E-state index is 0.536. The first-order valence-electron chi connectivity index (χ1n) is 22.4. The lowest BCUT2D eigenvalue weighted by atomic mass is 9.88. The van der Waals surface area contributed by atoms with E-state index in [1.165, 1.54) is 98.4 Å². The summed E-state index contributed by atoms with van der Waals surface area (Å²) in [6, 6.07) is 82.5. The molecule has 11 aromatic carbocycles. The van der Waals surface area contributed by atoms with Crippen molar-refractivity contribution in [3.63, 3.8) is 0 Å². The maximum absolute atomic E-state index is 6.28. The van der Waals surface area contributed by atoms with Crippen molar-refractivity contribution < 1.29 is 0 Å². The van der Waals surface area contributed by atoms with Crippen molar-refractivity contribution in [3.05, 3.63) is 247 Å². The summed E-state index contributed by atoms with van der Waals surface area (Å²) in [6.45, 7) is 4.66. The van der Waals surface area contributed by atoms with E-state index >= 15 is 0 Å². The summed E-state index contributed by atoms with van der Waals surface area (Å²) in [5.41, 5.74) is 17.9. The molecule has 0 spiro atoms. The second kappa shape index (κ2) is 17.5. The largest absolute Gasteiger partial charge is 0.383 e. The monoisotopic (exact) mass is 846 g/mol. The summed E-state index contributed by atoms with van der Waals surface area (Å²) >= 11 is 0. The van der Waals surface area contributed by atoms with Gasteiger partial charge in [0, 0.05) is 22.0 Å². The van der Waals surface area contributed by atoms with E-state index in [0.717, 1.165) is 17.7 Å². The molecule has 12 aromatic rings. The summed E-state index contributed by atoms with van der Waals surface area (Å²) < 4.78 is 2.41. The van der Waals surface area contributed by atoms with Crippen LogP contribution in [0.1, 0.15) is 16.7 Å². The molecule has 0 aliphatic heterocycles. The average molecular weight is 847 g/mol. The van der Waals surface area contributed by atoms with Gasteiger partial charge in [0.1, 0.15) is 5.84 Å². The summed E-state index contributed by atoms with van der Waals surface area (Å²) in [7, 11) is 0. The van der Waals surface area contributed by atoms with E-state index < -0.39 is 0 Å². The van der Waals surface area contributed by atoms with E-state index in [1.54, 1.807) is 0 Å². The van der Waals surface area contributed by atoms with Crippen molar-refractivity contribution in [2.24, 2.45) is 15.7 Å². The van der Waals surface area contributed by atoms with Crippen molar-refractivity contribution in [1.29, 1.82) is 0 Å². The summed E-state index contributed by atoms with van der Waals surface area (Å²) in [4.78, 5) is 8.41. The molecule has 66 heavy (non-hydrogen) atoms. The zero-order chi connectivity index (χ0) is 44.4. The number of para-hydroxylation sites is 1. The fourth-order valence-corrected chi connectivity index (χ4v) is 9.55. The minimum absolute atomic E-state index is 0.536. The molecule has 1 heterocycles. The fraction of sp³-hybridized carbons (Fsp3) is 0.0323. The molecular formula is C62H46N4. The van der Waals surface area contributed by atoms with Gasteiger partial charge >= 0.3 is 0 Å². The Kier molecular flexibility index (Phi) is 10.7. The van der Waals surface area contributed by atoms with Crippen molar-refractivity contribution in [3.8, 4) is 27.9 Å². The van der Waals surface area contributed by atoms with Gasteiger partial charge in [-0.2, -0.15) is 0 Å². The van der Waals surface area contributed by atoms with Crippen molar-refractivity contribution in [1.82, 2.24) is 4.57 Å². The van der Waals surface area contributed by atoms with Crippen LogP contribution in [0, 0.1) is 0 Å². The van der Waals surface area contributed by atoms with Crippen LogP contribution in [0.25, 0.3) is 92.8 Å². The number of fused-ring (bicyclic) bond motifs is 10. The topological polar surface area (TPSA) is 55.7 Å². The van der Waals surface area contributed by atoms with Crippen LogP contribution in [0.2, 0.25) is 0 Å². The Morgan fingerprint density at radius 3 is 1.79 bits per heavy atom. The van der Waals surface area contributed by atoms with Gasteiger partial charge in [-0.15, -0.1) is 0 Å². The molecular weight excluding hydrogens is 801 g/mol. The van der Waals surface area contributed by atoms with Gasteiger partial charge in [0.25, 0.3) is 0 Å². The maximum Gasteiger partial charge on any atom is 0.125 e. The van der Waals surface area contributed by atoms with Crippen LogP contribution < -0.4 is 5.73 Å². The third kappa shape index (κ3) is 7.55. The molecule has 1 aromatic heterocycles. The third-order valence-corrected chi connectivity index (χ3v) is 12.8. The van der Waals surface area contributed by atoms with Crippen LogP contribution in [0.15, 0.2) is 241 Å². The quantitative estimate of drug-likeness (QED) is 0.0924. The Morgan fingerprint density at radius 2 is 1.00 bits per heavy atom. The highest BCUT2D eigenvalue weighted by molar-refractivity contribution is 6.29. The number of aliphatic imine (C=N–C) groups is 2. The SMILES string of the molecule is C=NCc1ccccc1.NC(=NCc1ccc(-c2ccc3c(c2)c2ccccc2c2cccc(-c4ccc5c(c4)c4ccccc4n5-c4ccc5ccccc5c4)c23)cc1)c1ccccc1. The van der Waals surface area contributed by atoms with Crippen LogP contribution in [0.3, 0.4) is 0 Å². The zero-order valence-electron chi connectivity index (χ0n) is 36.5. The molecule has 12 rings (SSSR count). The lowest BCUT2D eigenvalue weighted by Crippen LogP contribution is -2.13. The molecule has 4 nitrogen and oxygen atoms in total. The second-order valence-corrected chi connectivity index (χ2v) is 16.8. The molecule has 0 fully saturated rings. The third-order valence-electron chi connectivity index (χ3n) is 12.8. The van der Waals surface area contributed by atoms with Crippen molar-refractivity contribution in [2.75, 3.05) is 0 Å². The number of hydrogen-bond donors (Lipinski definition) is 1. The van der Waals surface area contributed by atoms with Gasteiger partial charge in [-0.05, 0) is 120 Å². The number of amidine groups is 1. The predicted molar refractivity (Wildman–Crippen MR) is 282 cm³/mol. The minimum Gasteiger partial charge on any atom is -0.383 e. The van der Waals surface area contributed by atoms with Crippen molar-refractivity contribution in [2.45, 2.75) is 13.1 Å². The average Bonchev–Trinajstić information content (AvgIpc) is 3.72. The van der Waals surface area contributed by atoms with E-state index in [4.69, 9.17) is 5.73 Å². The number of aromatic nitrogens is 1. The molecule has 0 aliphatic carbocycles. The first-order chi connectivity index (χ1) is 32.6. The van der Waals surface area contributed by atoms with Crippen molar-refractivity contribution >= 4 is 77.4 Å². The van der Waals surface area contributed by atoms with E-state index in [1.807, 2.05) is 60.7 Å². The van der Waals surface area contributed by atoms with Gasteiger partial charge in [-0.3, -0.25) is 9.98 Å². The molecule has 0 saturated carbocycles. The van der Waals surface area contributed by atoms with E-state index in [2.05, 4.69) is 191 Å². The second-order valence-electron chi connectivity index (χ2n) is 16.8. The highest BCUT2D eigenvalue weighted by Gasteiger charge is 2.17. The Bertz CT molecular complexity index is 3770. The lowest BCUT2D eigenvalue weighted by Gasteiger charge is -2.16. The fourth-order valence-electron chi connectivity index (χ4n) is 9.55. The van der Waals surface area contributed by atoms with Crippen LogP contribution >= 0.6 is 0 Å². The van der Waals surface area contributed by atoms with Gasteiger partial charge < -0.3 is 10.3 Å². The molecule has 2 N–H and O–H groups in total. The zero-order valence-corrected chi connectivity index (χ0v) is 36.5. The number of nitrogens with zero attached hydrogens (tertiary/aromatic N) is 3. The van der Waals surface area contributed by atoms with E-state index in [0.29, 0.717) is 12.4 Å². The molecule has 0 bridgehead atoms. The Balaban J connectivity index is 0.000000481. The smallest absolute Gasteiger partial charge is 0.125 e. The highest BCUT2D eigenvalue weighted by Crippen LogP contribution is 2.43. The number of hydrogen-bond acceptors (Lipinski definition) is 2. The number of benzene rings is 11. The Labute approximate surface area is 384 Å². The van der Waals surface area contributed by atoms with Gasteiger partial charge in [0.2, 0.25) is 0 Å². The van der Waals surface area contributed by atoms with Crippen LogP contribution in [0.5, 0.6) is 0 Å². The molecule has 0 unspecified atom stereocenters. The normalized spacial score (nSPS) is 11.7. The summed E-state index contributed by atoms with van der Waals surface area (Å²) in [5, 5.41) is 12.6. The maximum atomic E-state index is 6.28. The first-order valence-corrected chi connectivity index (χ1v) is 22.4. The highest BCUT2D eigenvalue weighted by atomic mass is 15.0. The standard InChI is InChI=1S/C54H37N3.C8H9N/c55-54(38-12-2-1-3-13-38)56-34-35-21-23-37(24-22-35)40-26-29-48-49(32-40)45-16-7-6-15-44(45)47-19-10-18-43(53(47)48)41-27-30-52-50(33-41)46-17-8-9-20-51(46)57(52)42-28-25-36-11-4-5-14-39(36)31-42;1-9-7-8-5-3-2-4-6-8/h1-33H,34H2,(H2,55,56);2-6H,1,7H2. The van der Waals surface area contributed by atoms with Gasteiger partial charge in [-0.25, -0.2) is 0 Å². The van der Waals surface area contributed by atoms with Gasteiger partial charge in [0.15, 0.2) is 0 Å². The van der Waals surface area contributed by atoms with Crippen LogP contribution in [0.4, 0.5) is 0 Å². The molecule has 4 heteroatoms. The molecule has 0 atom stereocenters. The lowest BCUT2D eigenvalue weighted by molar-refractivity contribution is 1.06. The summed E-state index contributed by atoms with van der Waals surface area (Å²) in [6.07, 6.45) is 0. The number of rotatable bonds is 8. The van der Waals surface area contributed by atoms with E-state index in [9.17, 15) is 0 Å². The Hall–Kier alpha value is -8.60. The molecule has 314 valence electrons. The Morgan fingerprint density at radius 1 is 0.409 bits per heavy atom.